The summed E-state index contributed by atoms with van der Waals surface area (Å²) in [6.45, 7) is 3.76. The van der Waals surface area contributed by atoms with Crippen LogP contribution < -0.4 is 15.8 Å². The third-order valence-electron chi connectivity index (χ3n) is 3.25. The SMILES string of the molecule is COc1cc(Br)cc(C)c1NC(=O)c1c(C)cccc1N. The van der Waals surface area contributed by atoms with E-state index in [1.807, 2.05) is 38.1 Å². The molecule has 0 bridgehead atoms. The van der Waals surface area contributed by atoms with Crippen LogP contribution in [0.15, 0.2) is 34.8 Å². The molecule has 1 amide bonds. The molecule has 21 heavy (non-hydrogen) atoms. The molecule has 0 aromatic heterocycles. The number of nitrogens with two attached hydrogens (primary N) is 1. The number of methoxy groups -OCH3 is 1. The minimum absolute atomic E-state index is 0.241. The molecule has 0 unspecified atom stereocenters. The lowest BCUT2D eigenvalue weighted by atomic mass is 10.1. The molecule has 2 aromatic carbocycles. The number of benzene rings is 2. The normalized spacial score (nSPS) is 10.3. The Morgan fingerprint density at radius 2 is 1.95 bits per heavy atom. The van der Waals surface area contributed by atoms with Crippen LogP contribution in [-0.2, 0) is 0 Å². The molecule has 0 spiro atoms. The topological polar surface area (TPSA) is 64.3 Å². The zero-order valence-corrected chi connectivity index (χ0v) is 13.7. The lowest BCUT2D eigenvalue weighted by Gasteiger charge is -2.15. The van der Waals surface area contributed by atoms with Crippen molar-refractivity contribution in [1.82, 2.24) is 0 Å². The van der Waals surface area contributed by atoms with Gasteiger partial charge in [-0.3, -0.25) is 4.79 Å². The second-order valence-corrected chi connectivity index (χ2v) is 5.71. The predicted molar refractivity (Wildman–Crippen MR) is 89.0 cm³/mol. The van der Waals surface area contributed by atoms with Gasteiger partial charge in [0.25, 0.3) is 5.91 Å². The average Bonchev–Trinajstić information content (AvgIpc) is 2.41. The molecule has 4 nitrogen and oxygen atoms in total. The maximum atomic E-state index is 12.5. The summed E-state index contributed by atoms with van der Waals surface area (Å²) in [6, 6.07) is 9.13. The number of anilines is 2. The molecular formula is C16H17BrN2O2. The molecule has 5 heteroatoms. The summed E-state index contributed by atoms with van der Waals surface area (Å²) in [6.07, 6.45) is 0. The molecule has 0 radical (unpaired) electrons. The maximum Gasteiger partial charge on any atom is 0.258 e. The first-order chi connectivity index (χ1) is 9.93. The molecule has 0 fully saturated rings. The Morgan fingerprint density at radius 1 is 1.24 bits per heavy atom. The highest BCUT2D eigenvalue weighted by atomic mass is 79.9. The second-order valence-electron chi connectivity index (χ2n) is 4.79. The minimum Gasteiger partial charge on any atom is -0.495 e. The van der Waals surface area contributed by atoms with E-state index in [-0.39, 0.29) is 5.91 Å². The fourth-order valence-corrected chi connectivity index (χ4v) is 2.76. The highest BCUT2D eigenvalue weighted by Gasteiger charge is 2.16. The van der Waals surface area contributed by atoms with Crippen LogP contribution in [-0.4, -0.2) is 13.0 Å². The van der Waals surface area contributed by atoms with Crippen LogP contribution in [0.2, 0.25) is 0 Å². The van der Waals surface area contributed by atoms with E-state index in [2.05, 4.69) is 21.2 Å². The van der Waals surface area contributed by atoms with Crippen molar-refractivity contribution in [2.45, 2.75) is 13.8 Å². The minimum atomic E-state index is -0.241. The van der Waals surface area contributed by atoms with E-state index >= 15 is 0 Å². The van der Waals surface area contributed by atoms with Crippen LogP contribution in [0.25, 0.3) is 0 Å². The highest BCUT2D eigenvalue weighted by molar-refractivity contribution is 9.10. The molecule has 0 aliphatic heterocycles. The van der Waals surface area contributed by atoms with Crippen LogP contribution in [0.4, 0.5) is 11.4 Å². The third kappa shape index (κ3) is 3.19. The standard InChI is InChI=1S/C16H17BrN2O2/c1-9-5-4-6-12(18)14(9)16(20)19-15-10(2)7-11(17)8-13(15)21-3/h4-8H,18H2,1-3H3,(H,19,20). The molecule has 0 saturated carbocycles. The van der Waals surface area contributed by atoms with E-state index in [4.69, 9.17) is 10.5 Å². The van der Waals surface area contributed by atoms with Crippen LogP contribution in [0.1, 0.15) is 21.5 Å². The van der Waals surface area contributed by atoms with Gasteiger partial charge < -0.3 is 15.8 Å². The van der Waals surface area contributed by atoms with E-state index < -0.39 is 0 Å². The lowest BCUT2D eigenvalue weighted by molar-refractivity contribution is 0.102. The van der Waals surface area contributed by atoms with Gasteiger partial charge in [-0.25, -0.2) is 0 Å². The Labute approximate surface area is 132 Å². The predicted octanol–water partition coefficient (Wildman–Crippen LogP) is 3.91. The summed E-state index contributed by atoms with van der Waals surface area (Å²) < 4.78 is 6.22. The Bertz CT molecular complexity index is 679. The first-order valence-corrected chi connectivity index (χ1v) is 7.24. The van der Waals surface area contributed by atoms with E-state index in [0.717, 1.165) is 15.6 Å². The molecule has 110 valence electrons. The number of hydrogen-bond donors (Lipinski definition) is 2. The van der Waals surface area contributed by atoms with E-state index in [0.29, 0.717) is 22.7 Å². The monoisotopic (exact) mass is 348 g/mol. The van der Waals surface area contributed by atoms with Crippen LogP contribution in [0, 0.1) is 13.8 Å². The number of halogens is 1. The van der Waals surface area contributed by atoms with Gasteiger partial charge in [0.05, 0.1) is 18.4 Å². The number of rotatable bonds is 3. The quantitative estimate of drug-likeness (QED) is 0.826. The fourth-order valence-electron chi connectivity index (χ4n) is 2.21. The van der Waals surface area contributed by atoms with Gasteiger partial charge >= 0.3 is 0 Å². The van der Waals surface area contributed by atoms with Gasteiger partial charge in [-0.15, -0.1) is 0 Å². The van der Waals surface area contributed by atoms with Gasteiger partial charge in [-0.05, 0) is 43.2 Å². The van der Waals surface area contributed by atoms with Gasteiger partial charge in [-0.2, -0.15) is 0 Å². The van der Waals surface area contributed by atoms with Crippen molar-refractivity contribution in [2.24, 2.45) is 0 Å². The summed E-state index contributed by atoms with van der Waals surface area (Å²) in [5, 5.41) is 2.89. The zero-order valence-electron chi connectivity index (χ0n) is 12.2. The largest absolute Gasteiger partial charge is 0.495 e. The van der Waals surface area contributed by atoms with Crippen molar-refractivity contribution in [2.75, 3.05) is 18.2 Å². The molecule has 0 atom stereocenters. The van der Waals surface area contributed by atoms with Crippen molar-refractivity contribution < 1.29 is 9.53 Å². The molecule has 0 heterocycles. The Kier molecular flexibility index (Phi) is 4.53. The Hall–Kier alpha value is -2.01. The second kappa shape index (κ2) is 6.18. The number of hydrogen-bond acceptors (Lipinski definition) is 3. The fraction of sp³-hybridized carbons (Fsp3) is 0.188. The number of aryl methyl sites for hydroxylation is 2. The number of carbonyl (C=O) groups is 1. The smallest absolute Gasteiger partial charge is 0.258 e. The Balaban J connectivity index is 2.41. The Morgan fingerprint density at radius 3 is 2.57 bits per heavy atom. The number of nitrogens with one attached hydrogen (secondary N) is 1. The average molecular weight is 349 g/mol. The molecule has 0 aliphatic carbocycles. The van der Waals surface area contributed by atoms with Crippen LogP contribution in [0.3, 0.4) is 0 Å². The first kappa shape index (κ1) is 15.4. The van der Waals surface area contributed by atoms with Crippen LogP contribution in [0.5, 0.6) is 5.75 Å². The highest BCUT2D eigenvalue weighted by Crippen LogP contribution is 2.33. The number of ether oxygens (including phenoxy) is 1. The van der Waals surface area contributed by atoms with Gasteiger partial charge in [0.2, 0.25) is 0 Å². The maximum absolute atomic E-state index is 12.5. The van der Waals surface area contributed by atoms with Crippen molar-refractivity contribution in [1.29, 1.82) is 0 Å². The zero-order chi connectivity index (χ0) is 15.6. The van der Waals surface area contributed by atoms with Gasteiger partial charge in [0.15, 0.2) is 0 Å². The first-order valence-electron chi connectivity index (χ1n) is 6.44. The van der Waals surface area contributed by atoms with E-state index in [1.54, 1.807) is 13.2 Å². The number of amides is 1. The van der Waals surface area contributed by atoms with Crippen molar-refractivity contribution in [3.05, 3.63) is 51.5 Å². The van der Waals surface area contributed by atoms with Crippen molar-refractivity contribution in [3.8, 4) is 5.75 Å². The molecule has 3 N–H and O–H groups in total. The van der Waals surface area contributed by atoms with Gasteiger partial charge in [0, 0.05) is 10.2 Å². The van der Waals surface area contributed by atoms with Crippen molar-refractivity contribution in [3.63, 3.8) is 0 Å². The van der Waals surface area contributed by atoms with Gasteiger partial charge in [-0.1, -0.05) is 28.1 Å². The lowest BCUT2D eigenvalue weighted by Crippen LogP contribution is -2.17. The summed E-state index contributed by atoms with van der Waals surface area (Å²) in [5.74, 6) is 0.358. The number of carbonyl (C=O) groups excluding carboxylic acids is 1. The summed E-state index contributed by atoms with van der Waals surface area (Å²) >= 11 is 3.41. The molecule has 0 aliphatic rings. The summed E-state index contributed by atoms with van der Waals surface area (Å²) in [7, 11) is 1.57. The van der Waals surface area contributed by atoms with Crippen molar-refractivity contribution >= 4 is 33.2 Å². The van der Waals surface area contributed by atoms with E-state index in [1.165, 1.54) is 0 Å². The molecule has 2 rings (SSSR count). The van der Waals surface area contributed by atoms with Crippen LogP contribution >= 0.6 is 15.9 Å². The molecule has 0 saturated heterocycles. The van der Waals surface area contributed by atoms with Gasteiger partial charge in [0.1, 0.15) is 5.75 Å². The molecule has 2 aromatic rings. The van der Waals surface area contributed by atoms with E-state index in [9.17, 15) is 4.79 Å². The number of nitrogen functional groups attached to an aromatic ring is 1. The summed E-state index contributed by atoms with van der Waals surface area (Å²) in [5.41, 5.74) is 9.24. The summed E-state index contributed by atoms with van der Waals surface area (Å²) in [4.78, 5) is 12.5. The third-order valence-corrected chi connectivity index (χ3v) is 3.71. The molecular weight excluding hydrogens is 332 g/mol.